The van der Waals surface area contributed by atoms with E-state index in [9.17, 15) is 4.39 Å². The predicted molar refractivity (Wildman–Crippen MR) is 99.6 cm³/mol. The van der Waals surface area contributed by atoms with Gasteiger partial charge in [0.25, 0.3) is 0 Å². The van der Waals surface area contributed by atoms with Gasteiger partial charge >= 0.3 is 0 Å². The smallest absolute Gasteiger partial charge is 0.235 e. The lowest BCUT2D eigenvalue weighted by Crippen LogP contribution is -1.92. The highest BCUT2D eigenvalue weighted by Crippen LogP contribution is 2.22. The minimum Gasteiger partial charge on any atom is -0.284 e. The number of hydrogen-bond acceptors (Lipinski definition) is 2. The molecule has 0 atom stereocenters. The molecular weight excluding hydrogens is 313 g/mol. The summed E-state index contributed by atoms with van der Waals surface area (Å²) in [5.41, 5.74) is 6.45. The van der Waals surface area contributed by atoms with E-state index in [-0.39, 0.29) is 6.67 Å². The molecule has 0 radical (unpaired) electrons. The molecule has 2 heterocycles. The summed E-state index contributed by atoms with van der Waals surface area (Å²) >= 11 is 0. The summed E-state index contributed by atoms with van der Waals surface area (Å²) in [4.78, 5) is 9.37. The molecule has 0 aliphatic heterocycles. The van der Waals surface area contributed by atoms with Crippen LogP contribution in [0.4, 0.5) is 4.39 Å². The Morgan fingerprint density at radius 3 is 2.60 bits per heavy atom. The molecule has 0 aliphatic rings. The van der Waals surface area contributed by atoms with Gasteiger partial charge in [-0.25, -0.2) is 9.97 Å². The Morgan fingerprint density at radius 2 is 1.80 bits per heavy atom. The lowest BCUT2D eigenvalue weighted by Gasteiger charge is -2.04. The third-order valence-corrected chi connectivity index (χ3v) is 4.53. The van der Waals surface area contributed by atoms with Gasteiger partial charge in [-0.15, -0.1) is 0 Å². The number of aromatic nitrogens is 3. The molecule has 0 fully saturated rings. The highest BCUT2D eigenvalue weighted by atomic mass is 19.1. The summed E-state index contributed by atoms with van der Waals surface area (Å²) in [6.45, 7) is 1.83. The van der Waals surface area contributed by atoms with E-state index in [4.69, 9.17) is 4.98 Å². The van der Waals surface area contributed by atoms with Crippen molar-refractivity contribution in [1.29, 1.82) is 0 Å². The zero-order valence-electron chi connectivity index (χ0n) is 14.2. The van der Waals surface area contributed by atoms with Crippen molar-refractivity contribution in [2.75, 3.05) is 6.67 Å². The molecule has 4 aromatic rings. The van der Waals surface area contributed by atoms with Gasteiger partial charge in [0.15, 0.2) is 0 Å². The summed E-state index contributed by atoms with van der Waals surface area (Å²) < 4.78 is 14.2. The van der Waals surface area contributed by atoms with E-state index >= 15 is 0 Å². The van der Waals surface area contributed by atoms with Crippen LogP contribution in [-0.4, -0.2) is 21.0 Å². The molecule has 0 N–H and O–H groups in total. The van der Waals surface area contributed by atoms with Gasteiger partial charge in [0.1, 0.15) is 0 Å². The first-order valence-corrected chi connectivity index (χ1v) is 8.65. The minimum absolute atomic E-state index is 0.236. The number of fused-ring (bicyclic) bond motifs is 3. The molecule has 2 aromatic carbocycles. The molecule has 0 saturated heterocycles. The Balaban J connectivity index is 1.66. The normalized spacial score (nSPS) is 11.4. The van der Waals surface area contributed by atoms with Crippen LogP contribution in [0.15, 0.2) is 54.7 Å². The number of imidazole rings is 1. The van der Waals surface area contributed by atoms with Crippen LogP contribution >= 0.6 is 0 Å². The Kier molecular flexibility index (Phi) is 4.18. The number of unbranched alkanes of at least 4 members (excludes halogenated alkanes) is 1. The highest BCUT2D eigenvalue weighted by molar-refractivity contribution is 5.80. The van der Waals surface area contributed by atoms with Crippen molar-refractivity contribution in [3.63, 3.8) is 0 Å². The van der Waals surface area contributed by atoms with Crippen molar-refractivity contribution < 1.29 is 4.39 Å². The minimum atomic E-state index is -0.236. The number of rotatable bonds is 5. The Bertz CT molecular complexity index is 1020. The molecule has 0 bridgehead atoms. The number of hydrogen-bond donors (Lipinski definition) is 0. The molecule has 4 rings (SSSR count). The lowest BCUT2D eigenvalue weighted by atomic mass is 10.0. The maximum Gasteiger partial charge on any atom is 0.235 e. The maximum atomic E-state index is 12.2. The SMILES string of the molecule is Cc1ccc2c(c1)nc1nc(-c3ccc(CCCCF)cc3)ccn12. The predicted octanol–water partition coefficient (Wildman–Crippen LogP) is 5.15. The van der Waals surface area contributed by atoms with Gasteiger partial charge in [0.2, 0.25) is 5.78 Å². The second kappa shape index (κ2) is 6.63. The number of aryl methyl sites for hydroxylation is 2. The van der Waals surface area contributed by atoms with E-state index in [2.05, 4.69) is 54.4 Å². The number of halogens is 1. The second-order valence-electron chi connectivity index (χ2n) is 6.43. The molecule has 4 heteroatoms. The summed E-state index contributed by atoms with van der Waals surface area (Å²) in [6.07, 6.45) is 4.46. The zero-order chi connectivity index (χ0) is 17.2. The molecule has 0 aliphatic carbocycles. The Labute approximate surface area is 146 Å². The molecule has 126 valence electrons. The molecule has 3 nitrogen and oxygen atoms in total. The van der Waals surface area contributed by atoms with Crippen LogP contribution in [0, 0.1) is 6.92 Å². The van der Waals surface area contributed by atoms with Gasteiger partial charge in [-0.05, 0) is 55.5 Å². The topological polar surface area (TPSA) is 30.2 Å². The van der Waals surface area contributed by atoms with E-state index < -0.39 is 0 Å². The number of nitrogens with zero attached hydrogens (tertiary/aromatic N) is 3. The van der Waals surface area contributed by atoms with E-state index in [0.29, 0.717) is 12.2 Å². The van der Waals surface area contributed by atoms with Gasteiger partial charge in [0.05, 0.1) is 23.4 Å². The first kappa shape index (κ1) is 15.8. The van der Waals surface area contributed by atoms with Crippen molar-refractivity contribution in [1.82, 2.24) is 14.4 Å². The van der Waals surface area contributed by atoms with Crippen LogP contribution in [0.5, 0.6) is 0 Å². The van der Waals surface area contributed by atoms with Crippen LogP contribution in [0.2, 0.25) is 0 Å². The Hall–Kier alpha value is -2.75. The molecule has 0 spiro atoms. The average Bonchev–Trinajstić information content (AvgIpc) is 2.99. The lowest BCUT2D eigenvalue weighted by molar-refractivity contribution is 0.462. The quantitative estimate of drug-likeness (QED) is 0.473. The summed E-state index contributed by atoms with van der Waals surface area (Å²) in [5, 5.41) is 0. The second-order valence-corrected chi connectivity index (χ2v) is 6.43. The van der Waals surface area contributed by atoms with Crippen LogP contribution in [0.25, 0.3) is 28.1 Å². The van der Waals surface area contributed by atoms with Crippen LogP contribution < -0.4 is 0 Å². The van der Waals surface area contributed by atoms with Crippen LogP contribution in [0.1, 0.15) is 24.0 Å². The van der Waals surface area contributed by atoms with Crippen LogP contribution in [-0.2, 0) is 6.42 Å². The summed E-state index contributed by atoms with van der Waals surface area (Å²) in [5.74, 6) is 0.713. The monoisotopic (exact) mass is 333 g/mol. The summed E-state index contributed by atoms with van der Waals surface area (Å²) in [6, 6.07) is 16.6. The fourth-order valence-electron chi connectivity index (χ4n) is 3.14. The van der Waals surface area contributed by atoms with Crippen molar-refractivity contribution in [2.24, 2.45) is 0 Å². The fraction of sp³-hybridized carbons (Fsp3) is 0.238. The molecular formula is C21H20FN3. The maximum absolute atomic E-state index is 12.2. The van der Waals surface area contributed by atoms with E-state index in [1.165, 1.54) is 11.1 Å². The van der Waals surface area contributed by atoms with Crippen molar-refractivity contribution >= 4 is 16.8 Å². The number of alkyl halides is 1. The largest absolute Gasteiger partial charge is 0.284 e. The van der Waals surface area contributed by atoms with Crippen molar-refractivity contribution in [3.05, 3.63) is 65.9 Å². The fourth-order valence-corrected chi connectivity index (χ4v) is 3.14. The van der Waals surface area contributed by atoms with E-state index in [1.807, 2.05) is 16.7 Å². The molecule has 0 saturated carbocycles. The van der Waals surface area contributed by atoms with Gasteiger partial charge in [-0.3, -0.25) is 8.79 Å². The van der Waals surface area contributed by atoms with Gasteiger partial charge in [-0.2, -0.15) is 0 Å². The Morgan fingerprint density at radius 1 is 0.960 bits per heavy atom. The standard InChI is InChI=1S/C21H20FN3/c1-15-5-10-20-19(14-15)24-21-23-18(11-13-25(20)21)17-8-6-16(7-9-17)4-2-3-12-22/h5-11,13-14H,2-4,12H2,1H3. The highest BCUT2D eigenvalue weighted by Gasteiger charge is 2.08. The van der Waals surface area contributed by atoms with E-state index in [1.54, 1.807) is 0 Å². The summed E-state index contributed by atoms with van der Waals surface area (Å²) in [7, 11) is 0. The van der Waals surface area contributed by atoms with Gasteiger partial charge in [0, 0.05) is 11.8 Å². The van der Waals surface area contributed by atoms with Gasteiger partial charge in [-0.1, -0.05) is 30.3 Å². The first-order valence-electron chi connectivity index (χ1n) is 8.65. The molecule has 25 heavy (non-hydrogen) atoms. The van der Waals surface area contributed by atoms with Gasteiger partial charge < -0.3 is 0 Å². The molecule has 2 aromatic heterocycles. The van der Waals surface area contributed by atoms with E-state index in [0.717, 1.165) is 35.1 Å². The molecule has 0 amide bonds. The van der Waals surface area contributed by atoms with Crippen LogP contribution in [0.3, 0.4) is 0 Å². The molecule has 0 unspecified atom stereocenters. The van der Waals surface area contributed by atoms with Crippen molar-refractivity contribution in [2.45, 2.75) is 26.2 Å². The first-order chi connectivity index (χ1) is 12.2. The average molecular weight is 333 g/mol. The zero-order valence-corrected chi connectivity index (χ0v) is 14.2. The third-order valence-electron chi connectivity index (χ3n) is 4.53. The number of benzene rings is 2. The third kappa shape index (κ3) is 3.12. The van der Waals surface area contributed by atoms with Crippen molar-refractivity contribution in [3.8, 4) is 11.3 Å².